The van der Waals surface area contributed by atoms with Gasteiger partial charge in [-0.05, 0) is 45.4 Å². The summed E-state index contributed by atoms with van der Waals surface area (Å²) in [5.41, 5.74) is 9.51. The number of aromatic nitrogens is 3. The van der Waals surface area contributed by atoms with Crippen LogP contribution >= 0.6 is 7.82 Å². The summed E-state index contributed by atoms with van der Waals surface area (Å²) in [7, 11) is -0.521. The van der Waals surface area contributed by atoms with Crippen LogP contribution in [0.4, 0.5) is 33.5 Å². The molecule has 0 unspecified atom stereocenters. The molecule has 1 atom stereocenters. The minimum Gasteiger partial charge on any atom is -0.493 e. The topological polar surface area (TPSA) is 276 Å². The number of halogens is 1. The maximum absolute atomic E-state index is 14.7. The van der Waals surface area contributed by atoms with Crippen molar-refractivity contribution in [1.29, 1.82) is 0 Å². The second kappa shape index (κ2) is 18.4. The highest BCUT2D eigenvalue weighted by molar-refractivity contribution is 7.46. The molecule has 282 valence electrons. The third-order valence-electron chi connectivity index (χ3n) is 6.77. The highest BCUT2D eigenvalue weighted by Gasteiger charge is 2.42. The van der Waals surface area contributed by atoms with Crippen molar-refractivity contribution >= 4 is 48.8 Å². The minimum absolute atomic E-state index is 0. The van der Waals surface area contributed by atoms with Crippen molar-refractivity contribution in [2.45, 2.75) is 52.2 Å². The molecule has 4 rings (SSSR count). The van der Waals surface area contributed by atoms with Gasteiger partial charge in [0, 0.05) is 17.8 Å². The number of hydrogen-bond donors (Lipinski definition) is 7. The average molecular weight is 743 g/mol. The number of methoxy groups -OCH3 is 3. The largest absolute Gasteiger partial charge is 0.493 e. The van der Waals surface area contributed by atoms with Crippen LogP contribution in [0.2, 0.25) is 0 Å². The Morgan fingerprint density at radius 2 is 1.75 bits per heavy atom. The summed E-state index contributed by atoms with van der Waals surface area (Å²) in [5.74, 6) is -1.48. The lowest BCUT2D eigenvalue weighted by Crippen LogP contribution is -2.53. The quantitative estimate of drug-likeness (QED) is 0.0869. The van der Waals surface area contributed by atoms with Crippen molar-refractivity contribution in [3.63, 3.8) is 0 Å². The fourth-order valence-electron chi connectivity index (χ4n) is 4.32. The van der Waals surface area contributed by atoms with Gasteiger partial charge in [0.25, 0.3) is 5.91 Å². The van der Waals surface area contributed by atoms with Crippen molar-refractivity contribution in [1.82, 2.24) is 15.0 Å². The van der Waals surface area contributed by atoms with Crippen LogP contribution in [0.5, 0.6) is 23.0 Å². The van der Waals surface area contributed by atoms with E-state index in [1.165, 1.54) is 47.3 Å². The number of carboxylic acid groups (broad SMARTS) is 1. The van der Waals surface area contributed by atoms with Gasteiger partial charge in [0.05, 0.1) is 27.5 Å². The summed E-state index contributed by atoms with van der Waals surface area (Å²) in [6.07, 6.45) is 3.10. The number of anilines is 5. The van der Waals surface area contributed by atoms with Gasteiger partial charge in [0.1, 0.15) is 18.6 Å². The van der Waals surface area contributed by atoms with E-state index in [0.717, 1.165) is 23.9 Å². The third-order valence-corrected chi connectivity index (χ3v) is 7.23. The number of pyridine rings is 1. The number of benzene rings is 1. The number of hydrogen-bond acceptors (Lipinski definition) is 15. The number of unbranched alkanes of at least 4 members (excludes halogenated alkanes) is 1. The molecule has 3 aromatic rings. The highest BCUT2D eigenvalue weighted by atomic mass is 31.2. The van der Waals surface area contributed by atoms with Crippen molar-refractivity contribution in [2.75, 3.05) is 50.1 Å². The van der Waals surface area contributed by atoms with E-state index >= 15 is 0 Å². The maximum Gasteiger partial charge on any atom is 0.471 e. The molecule has 19 nitrogen and oxygen atoms in total. The molecule has 0 saturated heterocycles. The van der Waals surface area contributed by atoms with Crippen molar-refractivity contribution in [3.05, 3.63) is 36.3 Å². The normalized spacial score (nSPS) is 13.7. The lowest BCUT2D eigenvalue weighted by atomic mass is 10.1. The lowest BCUT2D eigenvalue weighted by Gasteiger charge is -2.37. The van der Waals surface area contributed by atoms with Crippen LogP contribution in [0.25, 0.3) is 0 Å². The van der Waals surface area contributed by atoms with E-state index in [-0.39, 0.29) is 36.6 Å². The molecule has 0 spiro atoms. The third kappa shape index (κ3) is 11.6. The van der Waals surface area contributed by atoms with Crippen molar-refractivity contribution < 1.29 is 56.9 Å². The van der Waals surface area contributed by atoms with Gasteiger partial charge in [-0.15, -0.1) is 0 Å². The highest BCUT2D eigenvalue weighted by Crippen LogP contribution is 2.42. The summed E-state index contributed by atoms with van der Waals surface area (Å²) < 4.78 is 52.1. The molecule has 0 aliphatic carbocycles. The number of rotatable bonds is 15. The Morgan fingerprint density at radius 1 is 1.10 bits per heavy atom. The molecule has 21 heteroatoms. The van der Waals surface area contributed by atoms with Gasteiger partial charge in [-0.25, -0.2) is 18.9 Å². The number of nitrogens with one attached hydrogen (secondary N) is 2. The zero-order chi connectivity index (χ0) is 37.2. The molecule has 2 aromatic heterocycles. The number of carbonyl (C=O) groups is 2. The number of fused-ring (bicyclic) bond motifs is 1. The number of amides is 1. The van der Waals surface area contributed by atoms with E-state index < -0.39 is 43.9 Å². The molecule has 1 aromatic carbocycles. The van der Waals surface area contributed by atoms with Crippen molar-refractivity contribution in [3.8, 4) is 23.0 Å². The van der Waals surface area contributed by atoms with E-state index in [1.54, 1.807) is 12.1 Å². The number of aliphatic carboxylic acids is 1. The number of ether oxygens (including phenoxy) is 4. The number of carbonyl (C=O) groups excluding carboxylic acids is 1. The molecule has 9 N–H and O–H groups in total. The molecule has 0 saturated carbocycles. The number of nitrogens with two attached hydrogens (primary N) is 2. The first-order chi connectivity index (χ1) is 23.5. The zero-order valence-corrected chi connectivity index (χ0v) is 28.8. The SMILES string of the molecule is C.COc1cc(Nc2ncc(F)c(Nc3ccc4c(n3)N(COP(=O)(O)O)C(=O)C(C)(C)O4)n2)cc(OC)c1OC.NCCCC[C@H](N)C(=O)O. The number of carboxylic acids is 1. The predicted molar refractivity (Wildman–Crippen MR) is 184 cm³/mol. The fourth-order valence-corrected chi connectivity index (χ4v) is 4.59. The summed E-state index contributed by atoms with van der Waals surface area (Å²) in [6.45, 7) is 2.76. The Kier molecular flexibility index (Phi) is 15.3. The lowest BCUT2D eigenvalue weighted by molar-refractivity contribution is -0.138. The first-order valence-electron chi connectivity index (χ1n) is 14.8. The van der Waals surface area contributed by atoms with E-state index in [2.05, 4.69) is 30.1 Å². The molecule has 1 aliphatic heterocycles. The van der Waals surface area contributed by atoms with Gasteiger partial charge >= 0.3 is 13.8 Å². The number of nitrogens with zero attached hydrogens (tertiary/aromatic N) is 4. The summed E-state index contributed by atoms with van der Waals surface area (Å²) in [6, 6.07) is 5.40. The molecule has 1 aliphatic rings. The Balaban J connectivity index is 0.000000716. The van der Waals surface area contributed by atoms with Crippen molar-refractivity contribution in [2.24, 2.45) is 11.5 Å². The predicted octanol–water partition coefficient (Wildman–Crippen LogP) is 3.26. The van der Waals surface area contributed by atoms with Crippen LogP contribution in [-0.2, 0) is 18.7 Å². The molecule has 3 heterocycles. The second-order valence-corrected chi connectivity index (χ2v) is 12.1. The van der Waals surface area contributed by atoms with Gasteiger partial charge in [-0.2, -0.15) is 4.98 Å². The van der Waals surface area contributed by atoms with Gasteiger partial charge in [0.15, 0.2) is 40.3 Å². The average Bonchev–Trinajstić information content (AvgIpc) is 3.06. The van der Waals surface area contributed by atoms with Crippen LogP contribution in [0.15, 0.2) is 30.5 Å². The Bertz CT molecular complexity index is 1690. The Labute approximate surface area is 293 Å². The summed E-state index contributed by atoms with van der Waals surface area (Å²) >= 11 is 0. The fraction of sp³-hybridized carbons (Fsp3) is 0.433. The smallest absolute Gasteiger partial charge is 0.471 e. The Morgan fingerprint density at radius 3 is 2.29 bits per heavy atom. The minimum atomic E-state index is -4.91. The molecule has 51 heavy (non-hydrogen) atoms. The molecule has 0 bridgehead atoms. The van der Waals surface area contributed by atoms with Crippen LogP contribution in [0, 0.1) is 5.82 Å². The first kappa shape index (κ1) is 42.3. The van der Waals surface area contributed by atoms with Gasteiger partial charge < -0.3 is 55.9 Å². The first-order valence-corrected chi connectivity index (χ1v) is 16.3. The number of phosphoric ester groups is 1. The van der Waals surface area contributed by atoms with E-state index in [9.17, 15) is 18.5 Å². The zero-order valence-electron chi connectivity index (χ0n) is 27.9. The Hall–Kier alpha value is -4.85. The van der Waals surface area contributed by atoms with Crippen LogP contribution in [-0.4, -0.2) is 88.0 Å². The standard InChI is InChI=1S/C23H26FN6O9P.C6H14N2O2.CH4/c1-23(2)21(31)30(11-38-40(32,33)34)20-14(39-23)6-7-17(28-20)27-19-13(24)10-25-22(29-19)26-12-8-15(35-3)18(37-5)16(9-12)36-4;7-4-2-1-3-5(8)6(9)10;/h6-10H,11H2,1-5H3,(H2,32,33,34)(H2,25,26,27,28,29);5H,1-4,7-8H2,(H,9,10);1H4/t;5-;/m.0./s1. The molecule has 0 radical (unpaired) electrons. The monoisotopic (exact) mass is 742 g/mol. The van der Waals surface area contributed by atoms with Crippen LogP contribution in [0.1, 0.15) is 40.5 Å². The second-order valence-electron chi connectivity index (χ2n) is 10.9. The van der Waals surface area contributed by atoms with Gasteiger partial charge in [0.2, 0.25) is 11.7 Å². The summed E-state index contributed by atoms with van der Waals surface area (Å²) in [4.78, 5) is 54.5. The molecular weight excluding hydrogens is 698 g/mol. The molecule has 0 fully saturated rings. The van der Waals surface area contributed by atoms with Crippen LogP contribution < -0.4 is 45.9 Å². The summed E-state index contributed by atoms with van der Waals surface area (Å²) in [5, 5.41) is 14.0. The van der Waals surface area contributed by atoms with Crippen LogP contribution in [0.3, 0.4) is 0 Å². The van der Waals surface area contributed by atoms with Gasteiger partial charge in [-0.1, -0.05) is 13.8 Å². The van der Waals surface area contributed by atoms with Gasteiger partial charge in [-0.3, -0.25) is 19.0 Å². The van der Waals surface area contributed by atoms with E-state index in [1.807, 2.05) is 0 Å². The number of phosphoric acid groups is 1. The maximum atomic E-state index is 14.7. The van der Waals surface area contributed by atoms with E-state index in [4.69, 9.17) is 45.3 Å². The molecular formula is C30H44FN8O11P. The molecule has 1 amide bonds. The van der Waals surface area contributed by atoms with E-state index in [0.29, 0.717) is 35.9 Å².